The number of rotatable bonds is 6. The summed E-state index contributed by atoms with van der Waals surface area (Å²) in [6, 6.07) is 6.85. The molecule has 1 aromatic carbocycles. The van der Waals surface area contributed by atoms with Crippen molar-refractivity contribution in [3.8, 4) is 5.75 Å². The van der Waals surface area contributed by atoms with Gasteiger partial charge in [-0.2, -0.15) is 0 Å². The molecule has 1 amide bonds. The standard InChI is InChI=1S/C15H13NO4S2/c1-2-6-16-14(19)12(22-15(16)21)8-10-4-3-5-11(7-10)20-9-13(17)18/h2-5,7-8H,1,6,9H2,(H,17,18)/b12-8+. The Bertz CT molecular complexity index is 669. The first-order chi connectivity index (χ1) is 10.5. The van der Waals surface area contributed by atoms with Crippen LogP contribution in [0.5, 0.6) is 5.75 Å². The first kappa shape index (κ1) is 16.3. The van der Waals surface area contributed by atoms with E-state index in [1.54, 1.807) is 36.4 Å². The molecule has 0 atom stereocenters. The molecule has 1 heterocycles. The molecule has 114 valence electrons. The van der Waals surface area contributed by atoms with Gasteiger partial charge in [0.05, 0.1) is 4.91 Å². The maximum absolute atomic E-state index is 12.2. The fourth-order valence-corrected chi connectivity index (χ4v) is 3.05. The van der Waals surface area contributed by atoms with E-state index in [0.717, 1.165) is 5.56 Å². The van der Waals surface area contributed by atoms with Gasteiger partial charge in [0.1, 0.15) is 10.1 Å². The SMILES string of the molecule is C=CCN1C(=O)/C(=C\c2cccc(OCC(=O)O)c2)SC1=S. The Hall–Kier alpha value is -2.12. The van der Waals surface area contributed by atoms with Crippen LogP contribution in [0.25, 0.3) is 6.08 Å². The Kier molecular flexibility index (Phi) is 5.35. The van der Waals surface area contributed by atoms with Crippen molar-refractivity contribution in [1.82, 2.24) is 4.90 Å². The van der Waals surface area contributed by atoms with E-state index in [0.29, 0.717) is 21.5 Å². The third-order valence-corrected chi connectivity index (χ3v) is 4.08. The van der Waals surface area contributed by atoms with Gasteiger partial charge in [0.2, 0.25) is 0 Å². The number of amides is 1. The van der Waals surface area contributed by atoms with Gasteiger partial charge in [-0.1, -0.05) is 42.2 Å². The number of ether oxygens (including phenoxy) is 1. The molecule has 1 N–H and O–H groups in total. The van der Waals surface area contributed by atoms with E-state index in [2.05, 4.69) is 6.58 Å². The molecule has 7 heteroatoms. The summed E-state index contributed by atoms with van der Waals surface area (Å²) in [5, 5.41) is 8.60. The minimum absolute atomic E-state index is 0.160. The molecule has 0 bridgehead atoms. The maximum Gasteiger partial charge on any atom is 0.341 e. The van der Waals surface area contributed by atoms with E-state index in [4.69, 9.17) is 22.1 Å². The quantitative estimate of drug-likeness (QED) is 0.489. The number of hydrogen-bond donors (Lipinski definition) is 1. The van der Waals surface area contributed by atoms with Crippen molar-refractivity contribution in [2.24, 2.45) is 0 Å². The molecule has 0 saturated carbocycles. The van der Waals surface area contributed by atoms with E-state index < -0.39 is 12.6 Å². The van der Waals surface area contributed by atoms with Crippen LogP contribution in [0.1, 0.15) is 5.56 Å². The monoisotopic (exact) mass is 335 g/mol. The molecule has 22 heavy (non-hydrogen) atoms. The summed E-state index contributed by atoms with van der Waals surface area (Å²) in [6.45, 7) is 3.57. The fraction of sp³-hybridized carbons (Fsp3) is 0.133. The van der Waals surface area contributed by atoms with Gasteiger partial charge < -0.3 is 9.84 Å². The molecule has 0 aliphatic carbocycles. The summed E-state index contributed by atoms with van der Waals surface area (Å²) in [4.78, 5) is 24.7. The molecule has 1 fully saturated rings. The largest absolute Gasteiger partial charge is 0.482 e. The van der Waals surface area contributed by atoms with Crippen LogP contribution >= 0.6 is 24.0 Å². The predicted octanol–water partition coefficient (Wildman–Crippen LogP) is 2.54. The van der Waals surface area contributed by atoms with Gasteiger partial charge in [-0.25, -0.2) is 4.79 Å². The lowest BCUT2D eigenvalue weighted by Crippen LogP contribution is -2.27. The predicted molar refractivity (Wildman–Crippen MR) is 89.6 cm³/mol. The summed E-state index contributed by atoms with van der Waals surface area (Å²) >= 11 is 6.39. The number of thiocarbonyl (C=S) groups is 1. The number of thioether (sulfide) groups is 1. The van der Waals surface area contributed by atoms with Crippen molar-refractivity contribution in [2.45, 2.75) is 0 Å². The molecule has 1 aliphatic rings. The number of carbonyl (C=O) groups excluding carboxylic acids is 1. The van der Waals surface area contributed by atoms with Crippen LogP contribution in [-0.4, -0.2) is 39.4 Å². The molecular weight excluding hydrogens is 322 g/mol. The summed E-state index contributed by atoms with van der Waals surface area (Å²) in [6.07, 6.45) is 3.32. The van der Waals surface area contributed by atoms with Crippen molar-refractivity contribution < 1.29 is 19.4 Å². The van der Waals surface area contributed by atoms with Gasteiger partial charge in [0.25, 0.3) is 5.91 Å². The van der Waals surface area contributed by atoms with Crippen LogP contribution in [0.3, 0.4) is 0 Å². The third kappa shape index (κ3) is 3.96. The average Bonchev–Trinajstić information content (AvgIpc) is 2.74. The van der Waals surface area contributed by atoms with Crippen molar-refractivity contribution in [1.29, 1.82) is 0 Å². The van der Waals surface area contributed by atoms with E-state index in [9.17, 15) is 9.59 Å². The molecule has 0 radical (unpaired) electrons. The van der Waals surface area contributed by atoms with Gasteiger partial charge in [0, 0.05) is 6.54 Å². The van der Waals surface area contributed by atoms with Crippen molar-refractivity contribution in [3.63, 3.8) is 0 Å². The van der Waals surface area contributed by atoms with Crippen LogP contribution in [0.2, 0.25) is 0 Å². The number of carboxylic acids is 1. The smallest absolute Gasteiger partial charge is 0.341 e. The Morgan fingerprint density at radius 1 is 1.50 bits per heavy atom. The lowest BCUT2D eigenvalue weighted by atomic mass is 10.2. The zero-order chi connectivity index (χ0) is 16.1. The van der Waals surface area contributed by atoms with Gasteiger partial charge in [-0.05, 0) is 23.8 Å². The highest BCUT2D eigenvalue weighted by Gasteiger charge is 2.30. The fourth-order valence-electron chi connectivity index (χ4n) is 1.78. The average molecular weight is 335 g/mol. The van der Waals surface area contributed by atoms with E-state index in [1.807, 2.05) is 0 Å². The van der Waals surface area contributed by atoms with Crippen molar-refractivity contribution in [2.75, 3.05) is 13.2 Å². The number of hydrogen-bond acceptors (Lipinski definition) is 5. The van der Waals surface area contributed by atoms with E-state index >= 15 is 0 Å². The van der Waals surface area contributed by atoms with Gasteiger partial charge in [-0.15, -0.1) is 6.58 Å². The Morgan fingerprint density at radius 3 is 2.95 bits per heavy atom. The molecule has 0 spiro atoms. The molecule has 0 unspecified atom stereocenters. The first-order valence-electron chi connectivity index (χ1n) is 6.32. The third-order valence-electron chi connectivity index (χ3n) is 2.70. The highest BCUT2D eigenvalue weighted by atomic mass is 32.2. The van der Waals surface area contributed by atoms with Crippen molar-refractivity contribution >= 4 is 46.3 Å². The highest BCUT2D eigenvalue weighted by Crippen LogP contribution is 2.32. The summed E-state index contributed by atoms with van der Waals surface area (Å²) in [5.74, 6) is -0.778. The molecule has 1 saturated heterocycles. The summed E-state index contributed by atoms with van der Waals surface area (Å²) in [5.41, 5.74) is 0.738. The van der Waals surface area contributed by atoms with Crippen LogP contribution < -0.4 is 4.74 Å². The lowest BCUT2D eigenvalue weighted by Gasteiger charge is -2.10. The summed E-state index contributed by atoms with van der Waals surface area (Å²) in [7, 11) is 0. The maximum atomic E-state index is 12.2. The topological polar surface area (TPSA) is 66.8 Å². The first-order valence-corrected chi connectivity index (χ1v) is 7.54. The minimum Gasteiger partial charge on any atom is -0.482 e. The van der Waals surface area contributed by atoms with E-state index in [-0.39, 0.29) is 5.91 Å². The number of nitrogens with zero attached hydrogens (tertiary/aromatic N) is 1. The zero-order valence-corrected chi connectivity index (χ0v) is 13.2. The van der Waals surface area contributed by atoms with Crippen LogP contribution in [-0.2, 0) is 9.59 Å². The zero-order valence-electron chi connectivity index (χ0n) is 11.5. The van der Waals surface area contributed by atoms with Crippen molar-refractivity contribution in [3.05, 3.63) is 47.4 Å². The van der Waals surface area contributed by atoms with Crippen LogP contribution in [0.4, 0.5) is 0 Å². The Labute approximate surface area is 137 Å². The highest BCUT2D eigenvalue weighted by molar-refractivity contribution is 8.26. The Balaban J connectivity index is 2.17. The minimum atomic E-state index is -1.05. The van der Waals surface area contributed by atoms with Gasteiger partial charge in [0.15, 0.2) is 6.61 Å². The van der Waals surface area contributed by atoms with Gasteiger partial charge >= 0.3 is 5.97 Å². The number of carboxylic acid groups (broad SMARTS) is 1. The van der Waals surface area contributed by atoms with Gasteiger partial charge in [-0.3, -0.25) is 9.69 Å². The molecule has 5 nitrogen and oxygen atoms in total. The summed E-state index contributed by atoms with van der Waals surface area (Å²) < 4.78 is 5.61. The lowest BCUT2D eigenvalue weighted by molar-refractivity contribution is -0.139. The van der Waals surface area contributed by atoms with Crippen LogP contribution in [0, 0.1) is 0 Å². The number of benzene rings is 1. The second-order valence-electron chi connectivity index (χ2n) is 4.34. The molecule has 0 aromatic heterocycles. The molecule has 1 aliphatic heterocycles. The second-order valence-corrected chi connectivity index (χ2v) is 6.01. The normalized spacial score (nSPS) is 16.2. The Morgan fingerprint density at radius 2 is 2.27 bits per heavy atom. The number of aliphatic carboxylic acids is 1. The van der Waals surface area contributed by atoms with E-state index in [1.165, 1.54) is 16.7 Å². The number of carbonyl (C=O) groups is 2. The molecule has 2 rings (SSSR count). The second kappa shape index (κ2) is 7.24. The molecule has 1 aromatic rings. The molecular formula is C15H13NO4S2. The van der Waals surface area contributed by atoms with Crippen LogP contribution in [0.15, 0.2) is 41.8 Å².